The van der Waals surface area contributed by atoms with E-state index in [1.54, 1.807) is 6.55 Å². The number of hydrogen-bond donors (Lipinski definition) is 0. The Kier molecular flexibility index (Phi) is 8.92. The molecule has 110 valence electrons. The third kappa shape index (κ3) is 11.6. The Morgan fingerprint density at radius 3 is 1.78 bits per heavy atom. The van der Waals surface area contributed by atoms with Gasteiger partial charge in [0.25, 0.3) is 18.6 Å². The van der Waals surface area contributed by atoms with Gasteiger partial charge in [0.05, 0.1) is 0 Å². The molecule has 0 aliphatic carbocycles. The average Bonchev–Trinajstić information content (AvgIpc) is 2.11. The van der Waals surface area contributed by atoms with Gasteiger partial charge >= 0.3 is 6.18 Å². The summed E-state index contributed by atoms with van der Waals surface area (Å²) < 4.78 is 53.1. The lowest BCUT2D eigenvalue weighted by atomic mass is 10.5. The molecule has 0 aromatic rings. The lowest BCUT2D eigenvalue weighted by molar-refractivity contribution is -0.130. The third-order valence-corrected chi connectivity index (χ3v) is 13.4. The first-order valence-electron chi connectivity index (χ1n) is 6.13. The first-order valence-corrected chi connectivity index (χ1v) is 15.5. The minimum absolute atomic E-state index is 0.125. The number of rotatable bonds is 8. The summed E-state index contributed by atoms with van der Waals surface area (Å²) in [5.41, 5.74) is 0. The quantitative estimate of drug-likeness (QED) is 0.635. The maximum absolute atomic E-state index is 12.0. The zero-order valence-corrected chi connectivity index (χ0v) is 16.2. The number of halogens is 3. The highest BCUT2D eigenvalue weighted by molar-refractivity contribution is 6.68. The van der Waals surface area contributed by atoms with E-state index in [4.69, 9.17) is 12.3 Å². The van der Waals surface area contributed by atoms with Crippen LogP contribution in [0.2, 0.25) is 38.8 Å². The molecule has 3 unspecified atom stereocenters. The molecule has 0 fully saturated rings. The Labute approximate surface area is 114 Å². The summed E-state index contributed by atoms with van der Waals surface area (Å²) in [5, 5.41) is 0. The van der Waals surface area contributed by atoms with Gasteiger partial charge in [-0.1, -0.05) is 0 Å². The van der Waals surface area contributed by atoms with Crippen LogP contribution in [0.3, 0.4) is 0 Å². The Bertz CT molecular complexity index is 230. The summed E-state index contributed by atoms with van der Waals surface area (Å²) in [6, 6.07) is 0.125. The van der Waals surface area contributed by atoms with Gasteiger partial charge in [-0.2, -0.15) is 13.2 Å². The second-order valence-corrected chi connectivity index (χ2v) is 14.4. The summed E-state index contributed by atoms with van der Waals surface area (Å²) >= 11 is 0. The lowest BCUT2D eigenvalue weighted by Crippen LogP contribution is -2.36. The van der Waals surface area contributed by atoms with Crippen LogP contribution in [0, 0.1) is 0 Å². The van der Waals surface area contributed by atoms with Crippen LogP contribution in [0.1, 0.15) is 6.42 Å². The van der Waals surface area contributed by atoms with Crippen molar-refractivity contribution in [2.75, 3.05) is 0 Å². The molecule has 0 rings (SSSR count). The lowest BCUT2D eigenvalue weighted by Gasteiger charge is -2.22. The molecule has 3 nitrogen and oxygen atoms in total. The van der Waals surface area contributed by atoms with Crippen LogP contribution in [0.5, 0.6) is 0 Å². The summed E-state index contributed by atoms with van der Waals surface area (Å²) in [5.74, 6) is 0. The molecule has 0 N–H and O–H groups in total. The molecular formula is C8H23F3O3Si4. The van der Waals surface area contributed by atoms with Gasteiger partial charge in [-0.05, 0) is 38.8 Å². The molecule has 18 heavy (non-hydrogen) atoms. The Hall–Kier alpha value is 0.538. The molecule has 0 aliphatic heterocycles. The van der Waals surface area contributed by atoms with E-state index in [1.165, 1.54) is 0 Å². The van der Waals surface area contributed by atoms with Crippen LogP contribution >= 0.6 is 0 Å². The van der Waals surface area contributed by atoms with E-state index in [1.807, 2.05) is 13.1 Å². The van der Waals surface area contributed by atoms with E-state index in [2.05, 4.69) is 13.1 Å². The zero-order valence-electron chi connectivity index (χ0n) is 11.6. The molecule has 0 bridgehead atoms. The van der Waals surface area contributed by atoms with Crippen molar-refractivity contribution in [3.63, 3.8) is 0 Å². The van der Waals surface area contributed by atoms with Gasteiger partial charge in [-0.25, -0.2) is 0 Å². The highest BCUT2D eigenvalue weighted by Crippen LogP contribution is 2.23. The molecule has 3 atom stereocenters. The zero-order chi connectivity index (χ0) is 14.3. The number of alkyl halides is 3. The van der Waals surface area contributed by atoms with Crippen molar-refractivity contribution < 1.29 is 25.5 Å². The van der Waals surface area contributed by atoms with Gasteiger partial charge < -0.3 is 12.3 Å². The molecule has 0 aromatic carbocycles. The molecule has 0 radical (unpaired) electrons. The Morgan fingerprint density at radius 1 is 0.833 bits per heavy atom. The summed E-state index contributed by atoms with van der Waals surface area (Å²) in [4.78, 5) is 0. The predicted octanol–water partition coefficient (Wildman–Crippen LogP) is 2.03. The van der Waals surface area contributed by atoms with Crippen molar-refractivity contribution in [1.82, 2.24) is 0 Å². The Balaban J connectivity index is 3.83. The third-order valence-electron chi connectivity index (χ3n) is 2.11. The monoisotopic (exact) mass is 336 g/mol. The molecule has 0 heterocycles. The van der Waals surface area contributed by atoms with Gasteiger partial charge in [0.1, 0.15) is 0 Å². The fourth-order valence-corrected chi connectivity index (χ4v) is 12.3. The summed E-state index contributed by atoms with van der Waals surface area (Å²) in [6.07, 6.45) is -4.82. The molecule has 0 spiro atoms. The normalized spacial score (nSPS) is 17.8. The van der Waals surface area contributed by atoms with Crippen LogP contribution in [0.15, 0.2) is 0 Å². The first-order chi connectivity index (χ1) is 8.10. The van der Waals surface area contributed by atoms with Gasteiger partial charge in [0, 0.05) is 6.42 Å². The molecular weight excluding hydrogens is 313 g/mol. The number of hydrogen-bond acceptors (Lipinski definition) is 3. The fraction of sp³-hybridized carbons (Fsp3) is 1.00. The van der Waals surface area contributed by atoms with Gasteiger partial charge in [-0.3, -0.25) is 0 Å². The van der Waals surface area contributed by atoms with E-state index in [0.717, 1.165) is 0 Å². The SMILES string of the molecule is C[SiH](C)O[SiH](C)O[SiH](C)O[SiH](C)CCC(F)(F)F. The topological polar surface area (TPSA) is 27.7 Å². The van der Waals surface area contributed by atoms with E-state index in [9.17, 15) is 13.2 Å². The molecule has 0 aromatic heterocycles. The van der Waals surface area contributed by atoms with E-state index < -0.39 is 49.2 Å². The van der Waals surface area contributed by atoms with Crippen molar-refractivity contribution in [2.24, 2.45) is 0 Å². The predicted molar refractivity (Wildman–Crippen MR) is 76.7 cm³/mol. The van der Waals surface area contributed by atoms with Crippen LogP contribution in [0.25, 0.3) is 0 Å². The van der Waals surface area contributed by atoms with Crippen molar-refractivity contribution in [2.45, 2.75) is 51.4 Å². The van der Waals surface area contributed by atoms with Crippen LogP contribution in [-0.2, 0) is 12.3 Å². The largest absolute Gasteiger partial charge is 0.442 e. The fourth-order valence-electron chi connectivity index (χ4n) is 1.48. The van der Waals surface area contributed by atoms with Gasteiger partial charge in [-0.15, -0.1) is 0 Å². The molecule has 0 amide bonds. The highest BCUT2D eigenvalue weighted by atomic mass is 28.4. The summed E-state index contributed by atoms with van der Waals surface area (Å²) in [6.45, 7) is 9.75. The Morgan fingerprint density at radius 2 is 1.33 bits per heavy atom. The minimum Gasteiger partial charge on any atom is -0.442 e. The van der Waals surface area contributed by atoms with Crippen LogP contribution in [0.4, 0.5) is 13.2 Å². The van der Waals surface area contributed by atoms with Crippen molar-refractivity contribution in [3.05, 3.63) is 0 Å². The van der Waals surface area contributed by atoms with E-state index >= 15 is 0 Å². The standard InChI is InChI=1S/C8H23F3O3Si4/c1-15(2)12-17(4)14-18(5)13-16(3)7-6-8(9,10)11/h15-18H,6-7H2,1-5H3. The smallest absolute Gasteiger partial charge is 0.388 e. The van der Waals surface area contributed by atoms with E-state index in [-0.39, 0.29) is 6.04 Å². The minimum atomic E-state index is -4.08. The highest BCUT2D eigenvalue weighted by Gasteiger charge is 2.28. The van der Waals surface area contributed by atoms with Gasteiger partial charge in [0.2, 0.25) is 0 Å². The molecule has 10 heteroatoms. The second kappa shape index (κ2) is 8.66. The van der Waals surface area contributed by atoms with Crippen LogP contribution < -0.4 is 0 Å². The molecule has 0 saturated carbocycles. The maximum Gasteiger partial charge on any atom is 0.388 e. The van der Waals surface area contributed by atoms with Crippen molar-refractivity contribution in [3.8, 4) is 0 Å². The molecule has 0 aliphatic rings. The molecule has 0 saturated heterocycles. The van der Waals surface area contributed by atoms with E-state index in [0.29, 0.717) is 0 Å². The summed E-state index contributed by atoms with van der Waals surface area (Å²) in [7, 11) is -6.29. The van der Waals surface area contributed by atoms with Crippen molar-refractivity contribution >= 4 is 36.6 Å². The first kappa shape index (κ1) is 18.5. The second-order valence-electron chi connectivity index (χ2n) is 4.56. The van der Waals surface area contributed by atoms with Crippen LogP contribution in [-0.4, -0.2) is 42.8 Å². The maximum atomic E-state index is 12.0. The van der Waals surface area contributed by atoms with Crippen molar-refractivity contribution in [1.29, 1.82) is 0 Å². The van der Waals surface area contributed by atoms with Gasteiger partial charge in [0.15, 0.2) is 18.1 Å². The average molecular weight is 337 g/mol.